The van der Waals surface area contributed by atoms with Gasteiger partial charge in [0.05, 0.1) is 18.1 Å². The fraction of sp³-hybridized carbons (Fsp3) is 0.579. The van der Waals surface area contributed by atoms with Gasteiger partial charge in [-0.2, -0.15) is 0 Å². The van der Waals surface area contributed by atoms with Gasteiger partial charge in [-0.1, -0.05) is 12.6 Å². The number of nitrogens with zero attached hydrogens (tertiary/aromatic N) is 1. The first-order valence-electron chi connectivity index (χ1n) is 8.50. The van der Waals surface area contributed by atoms with Crippen LogP contribution in [0.5, 0.6) is 11.5 Å². The van der Waals surface area contributed by atoms with Gasteiger partial charge in [-0.05, 0) is 56.5 Å². The van der Waals surface area contributed by atoms with Gasteiger partial charge in [-0.15, -0.1) is 0 Å². The van der Waals surface area contributed by atoms with Crippen LogP contribution in [0.2, 0.25) is 0 Å². The highest BCUT2D eigenvalue weighted by molar-refractivity contribution is 5.64. The number of benzene rings is 1. The zero-order valence-corrected chi connectivity index (χ0v) is 13.8. The molecule has 4 heteroatoms. The van der Waals surface area contributed by atoms with Crippen molar-refractivity contribution in [1.29, 1.82) is 0 Å². The fourth-order valence-electron chi connectivity index (χ4n) is 5.81. The number of likely N-dealkylation sites (tertiary alicyclic amines) is 1. The Hall–Kier alpha value is -1.52. The maximum absolute atomic E-state index is 11.9. The lowest BCUT2D eigenvalue weighted by atomic mass is 9.48. The Morgan fingerprint density at radius 1 is 1.39 bits per heavy atom. The van der Waals surface area contributed by atoms with Crippen molar-refractivity contribution in [3.8, 4) is 11.5 Å². The Labute approximate surface area is 136 Å². The normalized spacial score (nSPS) is 40.6. The van der Waals surface area contributed by atoms with Gasteiger partial charge < -0.3 is 19.5 Å². The van der Waals surface area contributed by atoms with E-state index in [2.05, 4.69) is 24.6 Å². The maximum atomic E-state index is 11.9. The van der Waals surface area contributed by atoms with Crippen LogP contribution in [0.1, 0.15) is 30.4 Å². The molecule has 1 N–H and O–H groups in total. The first-order chi connectivity index (χ1) is 11.0. The van der Waals surface area contributed by atoms with E-state index >= 15 is 0 Å². The molecule has 0 amide bonds. The van der Waals surface area contributed by atoms with Crippen LogP contribution in [0.15, 0.2) is 24.3 Å². The van der Waals surface area contributed by atoms with Crippen LogP contribution in [0.4, 0.5) is 0 Å². The molecule has 2 aliphatic heterocycles. The molecule has 0 aromatic heterocycles. The smallest absolute Gasteiger partial charge is 0.166 e. The Morgan fingerprint density at radius 2 is 2.22 bits per heavy atom. The highest BCUT2D eigenvalue weighted by Crippen LogP contribution is 2.65. The van der Waals surface area contributed by atoms with Gasteiger partial charge in [0.1, 0.15) is 6.10 Å². The third kappa shape index (κ3) is 1.33. The second kappa shape index (κ2) is 4.11. The number of hydrogen-bond donors (Lipinski definition) is 1. The van der Waals surface area contributed by atoms with E-state index in [9.17, 15) is 5.11 Å². The summed E-state index contributed by atoms with van der Waals surface area (Å²) in [6.07, 6.45) is 3.27. The van der Waals surface area contributed by atoms with E-state index in [1.54, 1.807) is 7.11 Å². The van der Waals surface area contributed by atoms with E-state index in [0.717, 1.165) is 49.3 Å². The quantitative estimate of drug-likeness (QED) is 0.806. The van der Waals surface area contributed by atoms with Crippen molar-refractivity contribution in [2.45, 2.75) is 48.8 Å². The zero-order valence-electron chi connectivity index (χ0n) is 13.8. The summed E-state index contributed by atoms with van der Waals surface area (Å²) in [5.41, 5.74) is 2.53. The summed E-state index contributed by atoms with van der Waals surface area (Å²) >= 11 is 0. The second-order valence-electron chi connectivity index (χ2n) is 7.63. The number of likely N-dealkylation sites (N-methyl/N-ethyl adjacent to an activating group) is 1. The van der Waals surface area contributed by atoms with E-state index in [4.69, 9.17) is 9.47 Å². The van der Waals surface area contributed by atoms with Crippen LogP contribution in [0.3, 0.4) is 0 Å². The molecule has 0 radical (unpaired) electrons. The van der Waals surface area contributed by atoms with E-state index in [1.807, 2.05) is 6.07 Å². The van der Waals surface area contributed by atoms with Gasteiger partial charge >= 0.3 is 0 Å². The zero-order chi connectivity index (χ0) is 16.0. The third-order valence-corrected chi connectivity index (χ3v) is 6.88. The van der Waals surface area contributed by atoms with Gasteiger partial charge in [0, 0.05) is 11.6 Å². The number of rotatable bonds is 1. The summed E-state index contributed by atoms with van der Waals surface area (Å²) in [5.74, 6) is 1.62. The minimum absolute atomic E-state index is 0.122. The highest BCUT2D eigenvalue weighted by atomic mass is 16.5. The number of ether oxygens (including phenoxy) is 2. The second-order valence-corrected chi connectivity index (χ2v) is 7.63. The van der Waals surface area contributed by atoms with E-state index in [0.29, 0.717) is 0 Å². The van der Waals surface area contributed by atoms with Crippen molar-refractivity contribution in [3.05, 3.63) is 35.4 Å². The molecule has 0 unspecified atom stereocenters. The largest absolute Gasteiger partial charge is 0.493 e. The minimum Gasteiger partial charge on any atom is -0.493 e. The Bertz CT molecular complexity index is 730. The molecule has 4 aliphatic rings. The summed E-state index contributed by atoms with van der Waals surface area (Å²) in [4.78, 5) is 2.33. The molecule has 1 saturated heterocycles. The number of piperidine rings is 1. The molecule has 122 valence electrons. The van der Waals surface area contributed by atoms with Crippen molar-refractivity contribution < 1.29 is 14.6 Å². The average molecular weight is 313 g/mol. The summed E-state index contributed by atoms with van der Waals surface area (Å²) < 4.78 is 12.0. The molecule has 2 bridgehead atoms. The highest BCUT2D eigenvalue weighted by Gasteiger charge is 2.71. The molecule has 1 saturated carbocycles. The van der Waals surface area contributed by atoms with E-state index in [-0.39, 0.29) is 17.6 Å². The molecule has 23 heavy (non-hydrogen) atoms. The Kier molecular flexibility index (Phi) is 2.48. The molecular weight excluding hydrogens is 290 g/mol. The number of aliphatic hydroxyl groups is 1. The summed E-state index contributed by atoms with van der Waals surface area (Å²) in [6.45, 7) is 5.27. The minimum atomic E-state index is -0.740. The van der Waals surface area contributed by atoms with Gasteiger partial charge in [0.2, 0.25) is 0 Å². The predicted molar refractivity (Wildman–Crippen MR) is 87.2 cm³/mol. The third-order valence-electron chi connectivity index (χ3n) is 6.88. The lowest BCUT2D eigenvalue weighted by molar-refractivity contribution is -0.168. The van der Waals surface area contributed by atoms with Gasteiger partial charge in [0.25, 0.3) is 0 Å². The molecule has 5 rings (SSSR count). The summed E-state index contributed by atoms with van der Waals surface area (Å²) in [7, 11) is 3.82. The molecule has 4 nitrogen and oxygen atoms in total. The Morgan fingerprint density at radius 3 is 3.00 bits per heavy atom. The molecular formula is C19H23NO3. The molecule has 4 atom stereocenters. The van der Waals surface area contributed by atoms with Crippen LogP contribution in [0, 0.1) is 0 Å². The van der Waals surface area contributed by atoms with Gasteiger partial charge in [-0.3, -0.25) is 0 Å². The first kappa shape index (κ1) is 13.9. The van der Waals surface area contributed by atoms with Crippen LogP contribution < -0.4 is 9.47 Å². The molecule has 2 heterocycles. The van der Waals surface area contributed by atoms with Crippen LogP contribution >= 0.6 is 0 Å². The van der Waals surface area contributed by atoms with Crippen LogP contribution in [-0.2, 0) is 11.8 Å². The van der Waals surface area contributed by atoms with E-state index in [1.165, 1.54) is 11.1 Å². The standard InChI is InChI=1S/C19H23NO3/c1-11-6-7-19(21)14-10-12-4-5-13(22-3)16-15(12)18(19,17(11)23-16)8-9-20(14)2/h4-5,14,17,21H,1,6-10H2,2-3H3/t14-,17+,18+,19-/m1/s1. The van der Waals surface area contributed by atoms with Crippen molar-refractivity contribution >= 4 is 0 Å². The first-order valence-corrected chi connectivity index (χ1v) is 8.50. The Balaban J connectivity index is 1.86. The molecule has 2 aliphatic carbocycles. The topological polar surface area (TPSA) is 41.9 Å². The molecule has 1 aromatic carbocycles. The number of methoxy groups -OCH3 is 1. The van der Waals surface area contributed by atoms with E-state index < -0.39 is 5.60 Å². The fourth-order valence-corrected chi connectivity index (χ4v) is 5.81. The van der Waals surface area contributed by atoms with Crippen molar-refractivity contribution in [3.63, 3.8) is 0 Å². The molecule has 1 spiro atoms. The monoisotopic (exact) mass is 313 g/mol. The van der Waals surface area contributed by atoms with Crippen LogP contribution in [-0.4, -0.2) is 48.5 Å². The SMILES string of the molecule is C=C1CC[C@@]2(O)[C@H]3Cc4ccc(OC)c5c4[C@@]2(CCN3C)[C@H]1O5. The van der Waals surface area contributed by atoms with Crippen molar-refractivity contribution in [1.82, 2.24) is 4.90 Å². The van der Waals surface area contributed by atoms with Gasteiger partial charge in [-0.25, -0.2) is 0 Å². The average Bonchev–Trinajstić information content (AvgIpc) is 2.90. The van der Waals surface area contributed by atoms with Crippen LogP contribution in [0.25, 0.3) is 0 Å². The number of hydrogen-bond acceptors (Lipinski definition) is 4. The predicted octanol–water partition coefficient (Wildman–Crippen LogP) is 2.04. The van der Waals surface area contributed by atoms with Crippen molar-refractivity contribution in [2.75, 3.05) is 20.7 Å². The molecule has 2 fully saturated rings. The lowest BCUT2D eigenvalue weighted by Gasteiger charge is -2.62. The maximum Gasteiger partial charge on any atom is 0.166 e. The molecule has 1 aromatic rings. The summed E-state index contributed by atoms with van der Waals surface area (Å²) in [6, 6.07) is 4.32. The summed E-state index contributed by atoms with van der Waals surface area (Å²) in [5, 5.41) is 11.9. The van der Waals surface area contributed by atoms with Gasteiger partial charge in [0.15, 0.2) is 11.5 Å². The lowest BCUT2D eigenvalue weighted by Crippen LogP contribution is -2.74. The van der Waals surface area contributed by atoms with Crippen molar-refractivity contribution in [2.24, 2.45) is 0 Å².